The number of aryl methyl sites for hydroxylation is 1. The van der Waals surface area contributed by atoms with Gasteiger partial charge in [0, 0.05) is 11.9 Å². The highest BCUT2D eigenvalue weighted by Gasteiger charge is 2.12. The summed E-state index contributed by atoms with van der Waals surface area (Å²) in [5, 5.41) is 5.63. The van der Waals surface area contributed by atoms with Crippen molar-refractivity contribution in [2.75, 3.05) is 27.4 Å². The van der Waals surface area contributed by atoms with Gasteiger partial charge in [0.05, 0.1) is 30.5 Å². The van der Waals surface area contributed by atoms with Crippen molar-refractivity contribution in [1.82, 2.24) is 10.3 Å². The predicted molar refractivity (Wildman–Crippen MR) is 124 cm³/mol. The molecule has 0 bridgehead atoms. The highest BCUT2D eigenvalue weighted by Crippen LogP contribution is 2.27. The van der Waals surface area contributed by atoms with Crippen LogP contribution in [0.15, 0.2) is 47.8 Å². The number of nitrogens with zero attached hydrogens (tertiary/aromatic N) is 1. The van der Waals surface area contributed by atoms with Crippen LogP contribution in [0, 0.1) is 6.92 Å². The van der Waals surface area contributed by atoms with E-state index in [0.717, 1.165) is 16.3 Å². The van der Waals surface area contributed by atoms with Gasteiger partial charge in [0.25, 0.3) is 5.91 Å². The van der Waals surface area contributed by atoms with Crippen molar-refractivity contribution < 1.29 is 28.5 Å². The van der Waals surface area contributed by atoms with Crippen LogP contribution in [0.5, 0.6) is 17.2 Å². The minimum atomic E-state index is -0.597. The molecule has 1 amide bonds. The van der Waals surface area contributed by atoms with Gasteiger partial charge in [-0.1, -0.05) is 12.1 Å². The van der Waals surface area contributed by atoms with Crippen LogP contribution in [0.3, 0.4) is 0 Å². The number of carbonyl (C=O) groups is 2. The Morgan fingerprint density at radius 1 is 1.06 bits per heavy atom. The highest BCUT2D eigenvalue weighted by molar-refractivity contribution is 7.09. The van der Waals surface area contributed by atoms with Gasteiger partial charge in [-0.05, 0) is 49.2 Å². The zero-order valence-electron chi connectivity index (χ0n) is 18.8. The number of amides is 1. The molecule has 0 fully saturated rings. The van der Waals surface area contributed by atoms with E-state index in [2.05, 4.69) is 10.3 Å². The van der Waals surface area contributed by atoms with Gasteiger partial charge in [0.15, 0.2) is 18.1 Å². The van der Waals surface area contributed by atoms with Crippen LogP contribution >= 0.6 is 11.3 Å². The Labute approximate surface area is 196 Å². The lowest BCUT2D eigenvalue weighted by atomic mass is 10.1. The first kappa shape index (κ1) is 24.1. The van der Waals surface area contributed by atoms with Gasteiger partial charge < -0.3 is 24.3 Å². The van der Waals surface area contributed by atoms with E-state index < -0.39 is 5.97 Å². The molecule has 1 N–H and O–H groups in total. The fourth-order valence-corrected chi connectivity index (χ4v) is 3.59. The second-order valence-corrected chi connectivity index (χ2v) is 8.10. The lowest BCUT2D eigenvalue weighted by molar-refractivity contribution is -0.124. The summed E-state index contributed by atoms with van der Waals surface area (Å²) in [6.07, 6.45) is 0.595. The highest BCUT2D eigenvalue weighted by atomic mass is 32.1. The third-order valence-corrected chi connectivity index (χ3v) is 5.46. The van der Waals surface area contributed by atoms with Gasteiger partial charge >= 0.3 is 5.97 Å². The number of carbonyl (C=O) groups excluding carboxylic acids is 2. The lowest BCUT2D eigenvalue weighted by Crippen LogP contribution is -2.30. The summed E-state index contributed by atoms with van der Waals surface area (Å²) >= 11 is 1.55. The van der Waals surface area contributed by atoms with Gasteiger partial charge in [-0.15, -0.1) is 11.3 Å². The summed E-state index contributed by atoms with van der Waals surface area (Å²) in [4.78, 5) is 28.7. The number of nitrogens with one attached hydrogen (secondary N) is 1. The molecule has 3 aromatic rings. The summed E-state index contributed by atoms with van der Waals surface area (Å²) in [6, 6.07) is 12.2. The minimum absolute atomic E-state index is 0.306. The molecule has 3 rings (SSSR count). The number of esters is 1. The maximum absolute atomic E-state index is 12.3. The van der Waals surface area contributed by atoms with Crippen LogP contribution in [-0.2, 0) is 22.6 Å². The SMILES string of the molecule is COc1ccc(CCNC(=O)COC(=O)c2cccc(OCc3csc(C)n3)c2)cc1OC. The monoisotopic (exact) mass is 470 g/mol. The smallest absolute Gasteiger partial charge is 0.338 e. The molecule has 1 aromatic heterocycles. The van der Waals surface area contributed by atoms with Crippen molar-refractivity contribution in [3.8, 4) is 17.2 Å². The molecule has 2 aromatic carbocycles. The van der Waals surface area contributed by atoms with Crippen LogP contribution < -0.4 is 19.5 Å². The van der Waals surface area contributed by atoms with Crippen LogP contribution in [-0.4, -0.2) is 44.2 Å². The third-order valence-electron chi connectivity index (χ3n) is 4.64. The maximum atomic E-state index is 12.3. The number of methoxy groups -OCH3 is 2. The molecule has 0 aliphatic heterocycles. The molecular weight excluding hydrogens is 444 g/mol. The number of hydrogen-bond acceptors (Lipinski definition) is 8. The zero-order chi connectivity index (χ0) is 23.6. The fraction of sp³-hybridized carbons (Fsp3) is 0.292. The fourth-order valence-electron chi connectivity index (χ4n) is 2.99. The van der Waals surface area contributed by atoms with Gasteiger partial charge in [0.1, 0.15) is 12.4 Å². The molecule has 9 heteroatoms. The van der Waals surface area contributed by atoms with Crippen LogP contribution in [0.25, 0.3) is 0 Å². The normalized spacial score (nSPS) is 10.4. The molecule has 8 nitrogen and oxygen atoms in total. The minimum Gasteiger partial charge on any atom is -0.493 e. The van der Waals surface area contributed by atoms with E-state index in [1.54, 1.807) is 49.8 Å². The van der Waals surface area contributed by atoms with Crippen molar-refractivity contribution in [1.29, 1.82) is 0 Å². The molecular formula is C24H26N2O6S. The van der Waals surface area contributed by atoms with E-state index in [4.69, 9.17) is 18.9 Å². The van der Waals surface area contributed by atoms with Gasteiger partial charge in [-0.2, -0.15) is 0 Å². The second kappa shape index (κ2) is 11.9. The van der Waals surface area contributed by atoms with Crippen molar-refractivity contribution >= 4 is 23.2 Å². The van der Waals surface area contributed by atoms with Crippen molar-refractivity contribution in [3.63, 3.8) is 0 Å². The van der Waals surface area contributed by atoms with Gasteiger partial charge in [-0.25, -0.2) is 9.78 Å². The maximum Gasteiger partial charge on any atom is 0.338 e. The van der Waals surface area contributed by atoms with Gasteiger partial charge in [0.2, 0.25) is 0 Å². The molecule has 0 radical (unpaired) electrons. The number of rotatable bonds is 11. The molecule has 0 aliphatic rings. The van der Waals surface area contributed by atoms with Gasteiger partial charge in [-0.3, -0.25) is 4.79 Å². The van der Waals surface area contributed by atoms with Crippen molar-refractivity contribution in [2.24, 2.45) is 0 Å². The summed E-state index contributed by atoms with van der Waals surface area (Å²) in [5.74, 6) is 0.817. The first-order valence-electron chi connectivity index (χ1n) is 10.3. The Hall–Kier alpha value is -3.59. The number of hydrogen-bond donors (Lipinski definition) is 1. The number of aromatic nitrogens is 1. The Kier molecular flexibility index (Phi) is 8.65. The molecule has 0 spiro atoms. The average Bonchev–Trinajstić information content (AvgIpc) is 3.26. The van der Waals surface area contributed by atoms with E-state index in [1.165, 1.54) is 0 Å². The Morgan fingerprint density at radius 3 is 2.61 bits per heavy atom. The molecule has 1 heterocycles. The molecule has 174 valence electrons. The first-order valence-corrected chi connectivity index (χ1v) is 11.1. The lowest BCUT2D eigenvalue weighted by Gasteiger charge is -2.10. The second-order valence-electron chi connectivity index (χ2n) is 7.04. The van der Waals surface area contributed by atoms with E-state index in [0.29, 0.717) is 42.4 Å². The first-order chi connectivity index (χ1) is 16.0. The largest absolute Gasteiger partial charge is 0.493 e. The quantitative estimate of drug-likeness (QED) is 0.428. The number of thiazole rings is 1. The third kappa shape index (κ3) is 7.21. The summed E-state index contributed by atoms with van der Waals surface area (Å²) in [7, 11) is 3.15. The van der Waals surface area contributed by atoms with E-state index in [1.807, 2.05) is 30.5 Å². The number of ether oxygens (including phenoxy) is 4. The molecule has 0 saturated heterocycles. The summed E-state index contributed by atoms with van der Waals surface area (Å²) in [5.41, 5.74) is 2.12. The molecule has 0 aliphatic carbocycles. The van der Waals surface area contributed by atoms with Crippen LogP contribution in [0.4, 0.5) is 0 Å². The summed E-state index contributed by atoms with van der Waals surface area (Å²) in [6.45, 7) is 2.27. The van der Waals surface area contributed by atoms with Crippen molar-refractivity contribution in [3.05, 3.63) is 69.7 Å². The van der Waals surface area contributed by atoms with E-state index in [-0.39, 0.29) is 12.5 Å². The Morgan fingerprint density at radius 2 is 1.88 bits per heavy atom. The number of benzene rings is 2. The standard InChI is InChI=1S/C24H26N2O6S/c1-16-26-19(15-33-16)13-31-20-6-4-5-18(12-20)24(28)32-14-23(27)25-10-9-17-7-8-21(29-2)22(11-17)30-3/h4-8,11-12,15H,9-10,13-14H2,1-3H3,(H,25,27). The average molecular weight is 471 g/mol. The van der Waals surface area contributed by atoms with Crippen LogP contribution in [0.2, 0.25) is 0 Å². The molecule has 0 unspecified atom stereocenters. The van der Waals surface area contributed by atoms with Crippen molar-refractivity contribution in [2.45, 2.75) is 20.0 Å². The van der Waals surface area contributed by atoms with Crippen LogP contribution in [0.1, 0.15) is 26.6 Å². The van der Waals surface area contributed by atoms with E-state index in [9.17, 15) is 9.59 Å². The Bertz CT molecular complexity index is 1100. The molecule has 0 saturated carbocycles. The molecule has 0 atom stereocenters. The topological polar surface area (TPSA) is 96.0 Å². The van der Waals surface area contributed by atoms with E-state index >= 15 is 0 Å². The Balaban J connectivity index is 1.42. The summed E-state index contributed by atoms with van der Waals surface area (Å²) < 4.78 is 21.3. The predicted octanol–water partition coefficient (Wildman–Crippen LogP) is 3.56. The zero-order valence-corrected chi connectivity index (χ0v) is 19.6. The molecule has 33 heavy (non-hydrogen) atoms.